The molecule has 0 bridgehead atoms. The Kier molecular flexibility index (Phi) is 12.7. The van der Waals surface area contributed by atoms with Gasteiger partial charge in [-0.1, -0.05) is 0 Å². The Morgan fingerprint density at radius 1 is 1.27 bits per heavy atom. The van der Waals surface area contributed by atoms with E-state index in [9.17, 15) is 4.79 Å². The van der Waals surface area contributed by atoms with Gasteiger partial charge in [0.15, 0.2) is 4.77 Å². The number of hydrogen-bond donors (Lipinski definition) is 5. The van der Waals surface area contributed by atoms with Gasteiger partial charge in [-0.2, -0.15) is 0 Å². The number of carbonyl (C=O) groups is 1. The average molecular weight is 257 g/mol. The first-order chi connectivity index (χ1) is 4.52. The Bertz CT molecular complexity index is 110. The quantitative estimate of drug-likeness (QED) is 0.281. The molecular formula is C3H8KNO2S4. The standard InChI is InChI=1S/C3H7NO2S4.K.H/c5-1(4-2(7)8)6-3(9)10;;/h2-3,7-10H,(H,4,5);;. The number of thiol groups is 4. The topological polar surface area (TPSA) is 38.3 Å². The van der Waals surface area contributed by atoms with Crippen LogP contribution in [0.4, 0.5) is 4.79 Å². The Hall–Kier alpha value is 2.31. The van der Waals surface area contributed by atoms with Gasteiger partial charge in [0.1, 0.15) is 4.71 Å². The van der Waals surface area contributed by atoms with Crippen LogP contribution < -0.4 is 5.32 Å². The van der Waals surface area contributed by atoms with Gasteiger partial charge in [-0.15, -0.1) is 50.5 Å². The molecule has 0 saturated heterocycles. The third kappa shape index (κ3) is 12.3. The van der Waals surface area contributed by atoms with Crippen molar-refractivity contribution in [1.29, 1.82) is 0 Å². The van der Waals surface area contributed by atoms with Crippen molar-refractivity contribution < 1.29 is 9.53 Å². The van der Waals surface area contributed by atoms with E-state index in [0.29, 0.717) is 0 Å². The predicted octanol–water partition coefficient (Wildman–Crippen LogP) is 0.350. The Labute approximate surface area is 130 Å². The number of amides is 1. The number of rotatable bonds is 2. The van der Waals surface area contributed by atoms with Crippen LogP contribution in [0.2, 0.25) is 0 Å². The van der Waals surface area contributed by atoms with E-state index >= 15 is 0 Å². The fourth-order valence-electron chi connectivity index (χ4n) is 0.235. The van der Waals surface area contributed by atoms with Gasteiger partial charge >= 0.3 is 57.5 Å². The molecule has 0 aromatic carbocycles. The molecule has 8 heteroatoms. The summed E-state index contributed by atoms with van der Waals surface area (Å²) in [6, 6.07) is 0. The van der Waals surface area contributed by atoms with Crippen LogP contribution in [0.1, 0.15) is 0 Å². The molecule has 3 nitrogen and oxygen atoms in total. The van der Waals surface area contributed by atoms with Gasteiger partial charge < -0.3 is 10.1 Å². The summed E-state index contributed by atoms with van der Waals surface area (Å²) in [5, 5.41) is 2.24. The summed E-state index contributed by atoms with van der Waals surface area (Å²) in [4.78, 5) is 10.5. The third-order valence-electron chi connectivity index (χ3n) is 0.459. The minimum atomic E-state index is -0.722. The summed E-state index contributed by atoms with van der Waals surface area (Å²) in [6.07, 6.45) is -0.648. The minimum absolute atomic E-state index is 0. The molecule has 62 valence electrons. The monoisotopic (exact) mass is 257 g/mol. The van der Waals surface area contributed by atoms with Crippen LogP contribution in [0.15, 0.2) is 0 Å². The van der Waals surface area contributed by atoms with E-state index in [1.54, 1.807) is 0 Å². The zero-order valence-corrected chi connectivity index (χ0v) is 8.34. The van der Waals surface area contributed by atoms with Crippen molar-refractivity contribution in [2.45, 2.75) is 9.47 Å². The SMILES string of the molecule is O=C(NC(S)S)OC(S)S.[KH]. The Balaban J connectivity index is 0. The number of hydrogen-bond acceptors (Lipinski definition) is 6. The number of alkyl carbamates (subject to hydrolysis) is 1. The Morgan fingerprint density at radius 3 is 2.00 bits per heavy atom. The first kappa shape index (κ1) is 15.8. The van der Waals surface area contributed by atoms with Crippen molar-refractivity contribution in [3.8, 4) is 0 Å². The molecule has 0 spiro atoms. The number of nitrogens with one attached hydrogen (secondary N) is 1. The van der Waals surface area contributed by atoms with Gasteiger partial charge in [0.2, 0.25) is 0 Å². The van der Waals surface area contributed by atoms with Gasteiger partial charge in [-0.05, 0) is 0 Å². The van der Waals surface area contributed by atoms with Gasteiger partial charge in [0.05, 0.1) is 0 Å². The van der Waals surface area contributed by atoms with Crippen molar-refractivity contribution in [2.24, 2.45) is 0 Å². The molecule has 0 aromatic rings. The first-order valence-electron chi connectivity index (χ1n) is 2.22. The van der Waals surface area contributed by atoms with Crippen molar-refractivity contribution >= 4 is 108 Å². The van der Waals surface area contributed by atoms with Crippen LogP contribution in [0, 0.1) is 0 Å². The molecule has 1 N–H and O–H groups in total. The fraction of sp³-hybridized carbons (Fsp3) is 0.667. The second-order valence-electron chi connectivity index (χ2n) is 1.25. The van der Waals surface area contributed by atoms with E-state index in [1.165, 1.54) is 0 Å². The number of carbonyl (C=O) groups excluding carboxylic acids is 1. The summed E-state index contributed by atoms with van der Waals surface area (Å²) in [7, 11) is 0. The van der Waals surface area contributed by atoms with Crippen LogP contribution in [0.5, 0.6) is 0 Å². The second-order valence-corrected chi connectivity index (χ2v) is 4.04. The first-order valence-corrected chi connectivity index (χ1v) is 4.28. The fourth-order valence-corrected chi connectivity index (χ4v) is 0.637. The molecule has 0 atom stereocenters. The maximum atomic E-state index is 10.5. The summed E-state index contributed by atoms with van der Waals surface area (Å²) < 4.78 is 3.19. The van der Waals surface area contributed by atoms with Gasteiger partial charge in [-0.25, -0.2) is 4.79 Å². The van der Waals surface area contributed by atoms with E-state index in [4.69, 9.17) is 0 Å². The summed E-state index contributed by atoms with van der Waals surface area (Å²) >= 11 is 14.9. The zero-order valence-electron chi connectivity index (χ0n) is 4.76. The molecule has 0 radical (unpaired) electrons. The van der Waals surface area contributed by atoms with Crippen LogP contribution in [-0.2, 0) is 4.74 Å². The van der Waals surface area contributed by atoms with Crippen molar-refractivity contribution in [2.75, 3.05) is 0 Å². The third-order valence-corrected chi connectivity index (χ3v) is 0.928. The molecule has 0 heterocycles. The van der Waals surface area contributed by atoms with Crippen molar-refractivity contribution in [1.82, 2.24) is 5.32 Å². The molecule has 0 saturated carbocycles. The van der Waals surface area contributed by atoms with Crippen LogP contribution in [0.25, 0.3) is 0 Å². The summed E-state index contributed by atoms with van der Waals surface area (Å²) in [6.45, 7) is 0. The zero-order chi connectivity index (χ0) is 8.15. The van der Waals surface area contributed by atoms with Crippen LogP contribution in [-0.4, -0.2) is 67.0 Å². The van der Waals surface area contributed by atoms with Crippen molar-refractivity contribution in [3.05, 3.63) is 0 Å². The molecule has 0 aliphatic carbocycles. The van der Waals surface area contributed by atoms with E-state index in [1.807, 2.05) is 0 Å². The molecule has 0 aliphatic heterocycles. The van der Waals surface area contributed by atoms with Gasteiger partial charge in [-0.3, -0.25) is 0 Å². The van der Waals surface area contributed by atoms with E-state index in [-0.39, 0.29) is 51.4 Å². The molecule has 0 aromatic heterocycles. The van der Waals surface area contributed by atoms with Gasteiger partial charge in [0, 0.05) is 0 Å². The molecular weight excluding hydrogens is 249 g/mol. The second kappa shape index (κ2) is 8.88. The number of ether oxygens (including phenoxy) is 1. The van der Waals surface area contributed by atoms with Crippen molar-refractivity contribution in [3.63, 3.8) is 0 Å². The predicted molar refractivity (Wildman–Crippen MR) is 60.3 cm³/mol. The Morgan fingerprint density at radius 2 is 1.73 bits per heavy atom. The van der Waals surface area contributed by atoms with Gasteiger partial charge in [0.25, 0.3) is 0 Å². The average Bonchev–Trinajstić information content (AvgIpc) is 1.58. The molecule has 11 heavy (non-hydrogen) atoms. The summed E-state index contributed by atoms with van der Waals surface area (Å²) in [5.41, 5.74) is 0. The summed E-state index contributed by atoms with van der Waals surface area (Å²) in [5.74, 6) is 0. The van der Waals surface area contributed by atoms with Crippen LogP contribution in [0.3, 0.4) is 0 Å². The normalized spacial score (nSPS) is 9.27. The molecule has 0 fully saturated rings. The molecule has 0 unspecified atom stereocenters. The molecule has 0 rings (SSSR count). The van der Waals surface area contributed by atoms with Crippen LogP contribution >= 0.6 is 50.5 Å². The molecule has 0 aliphatic rings. The van der Waals surface area contributed by atoms with E-state index in [2.05, 4.69) is 60.6 Å². The molecule has 1 amide bonds. The van der Waals surface area contributed by atoms with E-state index < -0.39 is 15.6 Å². The maximum absolute atomic E-state index is 10.5. The van der Waals surface area contributed by atoms with E-state index in [0.717, 1.165) is 0 Å².